The summed E-state index contributed by atoms with van der Waals surface area (Å²) in [5.74, 6) is 0.961. The van der Waals surface area contributed by atoms with Gasteiger partial charge in [-0.3, -0.25) is 0 Å². The largest absolute Gasteiger partial charge is 0.491 e. The molecule has 0 saturated heterocycles. The van der Waals surface area contributed by atoms with E-state index in [2.05, 4.69) is 24.4 Å². The van der Waals surface area contributed by atoms with Crippen LogP contribution >= 0.6 is 0 Å². The fraction of sp³-hybridized carbons (Fsp3) is 0.647. The van der Waals surface area contributed by atoms with Crippen LogP contribution in [0.25, 0.3) is 0 Å². The Bertz CT molecular complexity index is 342. The van der Waals surface area contributed by atoms with Crippen LogP contribution in [0.1, 0.15) is 44.6 Å². The van der Waals surface area contributed by atoms with Gasteiger partial charge in [-0.15, -0.1) is 0 Å². The topological polar surface area (TPSA) is 30.5 Å². The lowest BCUT2D eigenvalue weighted by atomic mass is 10.1. The maximum atomic E-state index is 5.72. The number of unbranched alkanes of at least 4 members (excludes halogenated alkanes) is 4. The Labute approximate surface area is 123 Å². The Morgan fingerprint density at radius 1 is 1.00 bits per heavy atom. The number of ether oxygens (including phenoxy) is 2. The Morgan fingerprint density at radius 3 is 2.60 bits per heavy atom. The standard InChI is InChI=1S/C17H29NO2/c1-3-4-5-6-9-12-18-15-16-10-7-8-11-17(16)20-14-13-19-2/h7-8,10-11,18H,3-6,9,12-15H2,1-2H3. The van der Waals surface area contributed by atoms with E-state index in [0.717, 1.165) is 18.8 Å². The molecular weight excluding hydrogens is 250 g/mol. The van der Waals surface area contributed by atoms with Crippen molar-refractivity contribution in [1.82, 2.24) is 5.32 Å². The number of para-hydroxylation sites is 1. The maximum absolute atomic E-state index is 5.72. The van der Waals surface area contributed by atoms with Crippen LogP contribution < -0.4 is 10.1 Å². The van der Waals surface area contributed by atoms with Gasteiger partial charge in [0.05, 0.1) is 6.61 Å². The molecule has 0 spiro atoms. The molecule has 0 aliphatic heterocycles. The van der Waals surface area contributed by atoms with Crippen molar-refractivity contribution in [3.8, 4) is 5.75 Å². The van der Waals surface area contributed by atoms with Crippen LogP contribution in [-0.4, -0.2) is 26.9 Å². The van der Waals surface area contributed by atoms with Crippen LogP contribution in [-0.2, 0) is 11.3 Å². The van der Waals surface area contributed by atoms with Crippen molar-refractivity contribution in [2.45, 2.75) is 45.6 Å². The van der Waals surface area contributed by atoms with Gasteiger partial charge in [0.1, 0.15) is 12.4 Å². The lowest BCUT2D eigenvalue weighted by Gasteiger charge is -2.12. The monoisotopic (exact) mass is 279 g/mol. The summed E-state index contributed by atoms with van der Waals surface area (Å²) in [7, 11) is 1.69. The van der Waals surface area contributed by atoms with Gasteiger partial charge in [-0.05, 0) is 19.0 Å². The summed E-state index contributed by atoms with van der Waals surface area (Å²) < 4.78 is 10.7. The van der Waals surface area contributed by atoms with E-state index >= 15 is 0 Å². The molecule has 0 amide bonds. The van der Waals surface area contributed by atoms with E-state index in [0.29, 0.717) is 13.2 Å². The lowest BCUT2D eigenvalue weighted by Crippen LogP contribution is -2.16. The molecule has 1 rings (SSSR count). The molecule has 1 aromatic carbocycles. The Morgan fingerprint density at radius 2 is 1.80 bits per heavy atom. The highest BCUT2D eigenvalue weighted by Crippen LogP contribution is 2.17. The molecular formula is C17H29NO2. The van der Waals surface area contributed by atoms with Crippen molar-refractivity contribution in [2.24, 2.45) is 0 Å². The quantitative estimate of drug-likeness (QED) is 0.591. The lowest BCUT2D eigenvalue weighted by molar-refractivity contribution is 0.145. The normalized spacial score (nSPS) is 10.7. The predicted molar refractivity (Wildman–Crippen MR) is 84.3 cm³/mol. The minimum Gasteiger partial charge on any atom is -0.491 e. The molecule has 114 valence electrons. The fourth-order valence-electron chi connectivity index (χ4n) is 2.10. The van der Waals surface area contributed by atoms with Gasteiger partial charge in [-0.25, -0.2) is 0 Å². The second kappa shape index (κ2) is 11.7. The van der Waals surface area contributed by atoms with E-state index in [-0.39, 0.29) is 0 Å². The first-order valence-corrected chi connectivity index (χ1v) is 7.78. The second-order valence-electron chi connectivity index (χ2n) is 5.04. The molecule has 0 fully saturated rings. The number of hydrogen-bond acceptors (Lipinski definition) is 3. The van der Waals surface area contributed by atoms with E-state index in [1.807, 2.05) is 12.1 Å². The van der Waals surface area contributed by atoms with E-state index in [4.69, 9.17) is 9.47 Å². The molecule has 1 aromatic rings. The summed E-state index contributed by atoms with van der Waals surface area (Å²) in [6.07, 6.45) is 6.60. The highest BCUT2D eigenvalue weighted by atomic mass is 16.5. The SMILES string of the molecule is CCCCCCCNCc1ccccc1OCCOC. The van der Waals surface area contributed by atoms with Gasteiger partial charge in [0, 0.05) is 19.2 Å². The third-order valence-corrected chi connectivity index (χ3v) is 3.29. The molecule has 0 atom stereocenters. The van der Waals surface area contributed by atoms with E-state index in [1.54, 1.807) is 7.11 Å². The Hall–Kier alpha value is -1.06. The number of benzene rings is 1. The zero-order chi connectivity index (χ0) is 14.5. The van der Waals surface area contributed by atoms with Crippen molar-refractivity contribution in [2.75, 3.05) is 26.9 Å². The second-order valence-corrected chi connectivity index (χ2v) is 5.04. The van der Waals surface area contributed by atoms with Gasteiger partial charge >= 0.3 is 0 Å². The van der Waals surface area contributed by atoms with Crippen LogP contribution in [0.15, 0.2) is 24.3 Å². The van der Waals surface area contributed by atoms with Crippen molar-refractivity contribution in [1.29, 1.82) is 0 Å². The summed E-state index contributed by atoms with van der Waals surface area (Å²) in [4.78, 5) is 0. The van der Waals surface area contributed by atoms with Crippen molar-refractivity contribution >= 4 is 0 Å². The molecule has 0 bridgehead atoms. The predicted octanol–water partition coefficient (Wildman–Crippen LogP) is 3.77. The first-order chi connectivity index (χ1) is 9.88. The number of hydrogen-bond donors (Lipinski definition) is 1. The molecule has 0 radical (unpaired) electrons. The van der Waals surface area contributed by atoms with Gasteiger partial charge < -0.3 is 14.8 Å². The fourth-order valence-corrected chi connectivity index (χ4v) is 2.10. The van der Waals surface area contributed by atoms with Crippen LogP contribution in [0.2, 0.25) is 0 Å². The molecule has 0 unspecified atom stereocenters. The smallest absolute Gasteiger partial charge is 0.123 e. The van der Waals surface area contributed by atoms with Crippen molar-refractivity contribution in [3.05, 3.63) is 29.8 Å². The zero-order valence-corrected chi connectivity index (χ0v) is 13.0. The van der Waals surface area contributed by atoms with Gasteiger partial charge in [0.15, 0.2) is 0 Å². The molecule has 0 aliphatic carbocycles. The first kappa shape index (κ1) is 17.0. The molecule has 20 heavy (non-hydrogen) atoms. The average molecular weight is 279 g/mol. The summed E-state index contributed by atoms with van der Waals surface area (Å²) >= 11 is 0. The third kappa shape index (κ3) is 7.51. The van der Waals surface area contributed by atoms with E-state index in [1.165, 1.54) is 37.7 Å². The number of nitrogens with one attached hydrogen (secondary N) is 1. The Kier molecular flexibility index (Phi) is 9.98. The zero-order valence-electron chi connectivity index (χ0n) is 13.0. The number of rotatable bonds is 12. The van der Waals surface area contributed by atoms with E-state index < -0.39 is 0 Å². The minimum atomic E-state index is 0.602. The van der Waals surface area contributed by atoms with Gasteiger partial charge in [-0.1, -0.05) is 50.8 Å². The summed E-state index contributed by atoms with van der Waals surface area (Å²) in [5.41, 5.74) is 1.22. The molecule has 1 N–H and O–H groups in total. The summed E-state index contributed by atoms with van der Waals surface area (Å²) in [6, 6.07) is 8.21. The maximum Gasteiger partial charge on any atom is 0.123 e. The van der Waals surface area contributed by atoms with E-state index in [9.17, 15) is 0 Å². The van der Waals surface area contributed by atoms with Gasteiger partial charge in [-0.2, -0.15) is 0 Å². The van der Waals surface area contributed by atoms with Gasteiger partial charge in [0.25, 0.3) is 0 Å². The number of methoxy groups -OCH3 is 1. The van der Waals surface area contributed by atoms with Crippen molar-refractivity contribution < 1.29 is 9.47 Å². The third-order valence-electron chi connectivity index (χ3n) is 3.29. The van der Waals surface area contributed by atoms with Crippen molar-refractivity contribution in [3.63, 3.8) is 0 Å². The highest BCUT2D eigenvalue weighted by Gasteiger charge is 2.02. The van der Waals surface area contributed by atoms with Crippen LogP contribution in [0.3, 0.4) is 0 Å². The summed E-state index contributed by atoms with van der Waals surface area (Å²) in [5, 5.41) is 3.50. The summed E-state index contributed by atoms with van der Waals surface area (Å²) in [6.45, 7) is 5.43. The molecule has 0 heterocycles. The molecule has 3 nitrogen and oxygen atoms in total. The first-order valence-electron chi connectivity index (χ1n) is 7.78. The average Bonchev–Trinajstić information content (AvgIpc) is 2.48. The Balaban J connectivity index is 2.21. The molecule has 3 heteroatoms. The van der Waals surface area contributed by atoms with Crippen LogP contribution in [0, 0.1) is 0 Å². The van der Waals surface area contributed by atoms with Crippen LogP contribution in [0.4, 0.5) is 0 Å². The van der Waals surface area contributed by atoms with Crippen LogP contribution in [0.5, 0.6) is 5.75 Å². The minimum absolute atomic E-state index is 0.602. The molecule has 0 saturated carbocycles. The molecule has 0 aliphatic rings. The molecule has 0 aromatic heterocycles. The highest BCUT2D eigenvalue weighted by molar-refractivity contribution is 5.33. The van der Waals surface area contributed by atoms with Gasteiger partial charge in [0.2, 0.25) is 0 Å².